The lowest BCUT2D eigenvalue weighted by Gasteiger charge is -2.27. The van der Waals surface area contributed by atoms with Crippen LogP contribution in [0.15, 0.2) is 35.9 Å². The van der Waals surface area contributed by atoms with Crippen LogP contribution in [0.3, 0.4) is 0 Å². The molecule has 0 unspecified atom stereocenters. The number of amides is 5. The number of nitrogens with zero attached hydrogens (tertiary/aromatic N) is 2. The summed E-state index contributed by atoms with van der Waals surface area (Å²) in [6.07, 6.45) is 2.58. The summed E-state index contributed by atoms with van der Waals surface area (Å²) in [6, 6.07) is 7.87. The van der Waals surface area contributed by atoms with Crippen molar-refractivity contribution in [1.29, 1.82) is 0 Å². The highest BCUT2D eigenvalue weighted by atomic mass is 16.7. The summed E-state index contributed by atoms with van der Waals surface area (Å²) in [7, 11) is 3.12. The fourth-order valence-corrected chi connectivity index (χ4v) is 4.01. The van der Waals surface area contributed by atoms with E-state index >= 15 is 0 Å². The lowest BCUT2D eigenvalue weighted by Crippen LogP contribution is -2.54. The van der Waals surface area contributed by atoms with Crippen molar-refractivity contribution in [3.63, 3.8) is 0 Å². The predicted octanol–water partition coefficient (Wildman–Crippen LogP) is 2.67. The molecule has 2 heterocycles. The highest BCUT2D eigenvalue weighted by Gasteiger charge is 2.37. The van der Waals surface area contributed by atoms with Crippen molar-refractivity contribution in [2.75, 3.05) is 32.4 Å². The van der Waals surface area contributed by atoms with E-state index in [-0.39, 0.29) is 24.0 Å². The molecule has 5 amide bonds. The Morgan fingerprint density at radius 3 is 2.56 bits per heavy atom. The minimum Gasteiger partial charge on any atom is -0.492 e. The molecule has 1 N–H and O–H groups in total. The Kier molecular flexibility index (Phi) is 6.96. The Morgan fingerprint density at radius 2 is 1.92 bits per heavy atom. The van der Waals surface area contributed by atoms with Crippen LogP contribution in [0.1, 0.15) is 30.5 Å². The number of methoxy groups -OCH3 is 1. The molecule has 0 radical (unpaired) electrons. The van der Waals surface area contributed by atoms with Crippen molar-refractivity contribution in [2.24, 2.45) is 0 Å². The molecule has 4 rings (SSSR count). The number of benzene rings is 2. The van der Waals surface area contributed by atoms with Crippen molar-refractivity contribution in [3.8, 4) is 17.2 Å². The standard InChI is InChI=1S/C26H27N3O7/c1-5-16-6-8-18(9-7-16)29-25(32)20(24(31)27-26(29)33)13-19-17(10-11-28(3)15(2)30)12-21-23(22(19)34-4)36-14-35-21/h6-9,12-13H,5,10-11,14H2,1-4H3,(H,27,31,33)/b20-13-. The summed E-state index contributed by atoms with van der Waals surface area (Å²) in [5.41, 5.74) is 2.24. The number of ether oxygens (including phenoxy) is 3. The largest absolute Gasteiger partial charge is 0.492 e. The molecule has 0 spiro atoms. The molecule has 0 bridgehead atoms. The molecule has 2 aliphatic rings. The van der Waals surface area contributed by atoms with Gasteiger partial charge in [0.1, 0.15) is 5.57 Å². The van der Waals surface area contributed by atoms with E-state index in [9.17, 15) is 19.2 Å². The third-order valence-electron chi connectivity index (χ3n) is 6.19. The molecule has 188 valence electrons. The van der Waals surface area contributed by atoms with Gasteiger partial charge in [0.25, 0.3) is 11.8 Å². The third-order valence-corrected chi connectivity index (χ3v) is 6.19. The second-order valence-electron chi connectivity index (χ2n) is 8.38. The van der Waals surface area contributed by atoms with E-state index < -0.39 is 17.8 Å². The molecule has 2 aliphatic heterocycles. The SMILES string of the molecule is CCc1ccc(N2C(=O)NC(=O)/C(=C/c3c(CCN(C)C(C)=O)cc4c(c3OC)OCO4)C2=O)cc1. The molecule has 10 nitrogen and oxygen atoms in total. The maximum Gasteiger partial charge on any atom is 0.335 e. The van der Waals surface area contributed by atoms with Gasteiger partial charge in [0.15, 0.2) is 11.5 Å². The Balaban J connectivity index is 1.79. The van der Waals surface area contributed by atoms with Crippen molar-refractivity contribution in [2.45, 2.75) is 26.7 Å². The van der Waals surface area contributed by atoms with E-state index in [0.717, 1.165) is 16.9 Å². The van der Waals surface area contributed by atoms with E-state index in [4.69, 9.17) is 14.2 Å². The number of carbonyl (C=O) groups excluding carboxylic acids is 4. The van der Waals surface area contributed by atoms with Gasteiger partial charge in [-0.25, -0.2) is 9.69 Å². The fourth-order valence-electron chi connectivity index (χ4n) is 4.01. The summed E-state index contributed by atoms with van der Waals surface area (Å²) >= 11 is 0. The Bertz CT molecular complexity index is 1270. The molecule has 10 heteroatoms. The smallest absolute Gasteiger partial charge is 0.335 e. The van der Waals surface area contributed by atoms with Crippen LogP contribution in [-0.4, -0.2) is 56.1 Å². The minimum atomic E-state index is -0.827. The van der Waals surface area contributed by atoms with Crippen molar-refractivity contribution >= 4 is 35.5 Å². The number of imide groups is 2. The third kappa shape index (κ3) is 4.61. The van der Waals surface area contributed by atoms with Gasteiger partial charge in [0, 0.05) is 26.1 Å². The van der Waals surface area contributed by atoms with Crippen LogP contribution in [0.5, 0.6) is 17.2 Å². The Hall–Kier alpha value is -4.34. The average molecular weight is 494 g/mol. The first kappa shape index (κ1) is 24.8. The molecule has 2 aromatic carbocycles. The number of fused-ring (bicyclic) bond motifs is 1. The van der Waals surface area contributed by atoms with Gasteiger partial charge in [0.2, 0.25) is 18.4 Å². The maximum absolute atomic E-state index is 13.4. The number of carbonyl (C=O) groups is 4. The average Bonchev–Trinajstić information content (AvgIpc) is 3.33. The zero-order valence-corrected chi connectivity index (χ0v) is 20.5. The summed E-state index contributed by atoms with van der Waals surface area (Å²) in [5.74, 6) is -0.596. The molecule has 0 aromatic heterocycles. The number of urea groups is 1. The zero-order valence-electron chi connectivity index (χ0n) is 20.5. The Labute approximate surface area is 208 Å². The van der Waals surface area contributed by atoms with Crippen LogP contribution in [0.4, 0.5) is 10.5 Å². The number of hydrogen-bond acceptors (Lipinski definition) is 7. The van der Waals surface area contributed by atoms with Gasteiger partial charge in [-0.3, -0.25) is 19.7 Å². The van der Waals surface area contributed by atoms with E-state index in [2.05, 4.69) is 5.32 Å². The highest BCUT2D eigenvalue weighted by molar-refractivity contribution is 6.39. The van der Waals surface area contributed by atoms with Crippen molar-refractivity contribution < 1.29 is 33.4 Å². The molecule has 36 heavy (non-hydrogen) atoms. The van der Waals surface area contributed by atoms with E-state index in [1.165, 1.54) is 20.1 Å². The number of likely N-dealkylation sites (N-methyl/N-ethyl adjacent to an activating group) is 1. The molecule has 0 aliphatic carbocycles. The molecule has 2 aromatic rings. The summed E-state index contributed by atoms with van der Waals surface area (Å²) < 4.78 is 16.7. The van der Waals surface area contributed by atoms with E-state index in [1.807, 2.05) is 19.1 Å². The van der Waals surface area contributed by atoms with Gasteiger partial charge in [-0.1, -0.05) is 19.1 Å². The second-order valence-corrected chi connectivity index (χ2v) is 8.38. The molecule has 1 saturated heterocycles. The maximum atomic E-state index is 13.4. The van der Waals surface area contributed by atoms with Crippen LogP contribution in [-0.2, 0) is 27.2 Å². The molecule has 0 atom stereocenters. The van der Waals surface area contributed by atoms with Crippen LogP contribution in [0, 0.1) is 0 Å². The van der Waals surface area contributed by atoms with Crippen molar-refractivity contribution in [1.82, 2.24) is 10.2 Å². The summed E-state index contributed by atoms with van der Waals surface area (Å²) in [5, 5.41) is 2.24. The van der Waals surface area contributed by atoms with Gasteiger partial charge >= 0.3 is 6.03 Å². The van der Waals surface area contributed by atoms with Gasteiger partial charge in [-0.05, 0) is 48.2 Å². The first-order valence-electron chi connectivity index (χ1n) is 11.5. The highest BCUT2D eigenvalue weighted by Crippen LogP contribution is 2.46. The second kappa shape index (κ2) is 10.1. The minimum absolute atomic E-state index is 0.00599. The monoisotopic (exact) mass is 493 g/mol. The normalized spacial score (nSPS) is 15.8. The number of aryl methyl sites for hydroxylation is 1. The molecule has 1 fully saturated rings. The predicted molar refractivity (Wildman–Crippen MR) is 131 cm³/mol. The number of barbiturate groups is 1. The molecular weight excluding hydrogens is 466 g/mol. The van der Waals surface area contributed by atoms with Gasteiger partial charge in [-0.15, -0.1) is 0 Å². The van der Waals surface area contributed by atoms with Crippen LogP contribution in [0.25, 0.3) is 6.08 Å². The van der Waals surface area contributed by atoms with Gasteiger partial charge in [-0.2, -0.15) is 0 Å². The van der Waals surface area contributed by atoms with Crippen LogP contribution < -0.4 is 24.4 Å². The van der Waals surface area contributed by atoms with E-state index in [1.54, 1.807) is 30.1 Å². The van der Waals surface area contributed by atoms with E-state index in [0.29, 0.717) is 41.3 Å². The fraction of sp³-hybridized carbons (Fsp3) is 0.308. The lowest BCUT2D eigenvalue weighted by atomic mass is 9.97. The first-order chi connectivity index (χ1) is 17.2. The first-order valence-corrected chi connectivity index (χ1v) is 11.5. The van der Waals surface area contributed by atoms with Crippen LogP contribution >= 0.6 is 0 Å². The Morgan fingerprint density at radius 1 is 1.19 bits per heavy atom. The van der Waals surface area contributed by atoms with Gasteiger partial charge in [0.05, 0.1) is 12.8 Å². The molecular formula is C26H27N3O7. The number of anilines is 1. The number of nitrogens with one attached hydrogen (secondary N) is 1. The molecule has 0 saturated carbocycles. The van der Waals surface area contributed by atoms with Gasteiger partial charge < -0.3 is 19.1 Å². The van der Waals surface area contributed by atoms with Crippen LogP contribution in [0.2, 0.25) is 0 Å². The lowest BCUT2D eigenvalue weighted by molar-refractivity contribution is -0.127. The number of rotatable bonds is 7. The zero-order chi connectivity index (χ0) is 26.0. The summed E-state index contributed by atoms with van der Waals surface area (Å²) in [6.45, 7) is 3.83. The quantitative estimate of drug-likeness (QED) is 0.466. The number of hydrogen-bond donors (Lipinski definition) is 1. The summed E-state index contributed by atoms with van der Waals surface area (Å²) in [4.78, 5) is 53.0. The topological polar surface area (TPSA) is 114 Å². The van der Waals surface area contributed by atoms with Crippen molar-refractivity contribution in [3.05, 3.63) is 52.6 Å².